The van der Waals surface area contributed by atoms with Crippen LogP contribution in [0.25, 0.3) is 10.8 Å². The topological polar surface area (TPSA) is 83.6 Å². The predicted molar refractivity (Wildman–Crippen MR) is 81.1 cm³/mol. The summed E-state index contributed by atoms with van der Waals surface area (Å²) in [4.78, 5) is 28.5. The molecule has 2 aromatic rings. The summed E-state index contributed by atoms with van der Waals surface area (Å²) >= 11 is 1.13. The Morgan fingerprint density at radius 1 is 1.36 bits per heavy atom. The highest BCUT2D eigenvalue weighted by Crippen LogP contribution is 2.38. The molecule has 0 unspecified atom stereocenters. The Kier molecular flexibility index (Phi) is 4.31. The van der Waals surface area contributed by atoms with E-state index in [1.165, 1.54) is 5.38 Å². The number of aromatic nitrogens is 1. The number of carbonyl (C=O) groups is 2. The number of nitrogens with zero attached hydrogens (tertiary/aromatic N) is 2. The third-order valence-electron chi connectivity index (χ3n) is 4.02. The Balaban J connectivity index is 1.80. The van der Waals surface area contributed by atoms with Gasteiger partial charge in [0, 0.05) is 18.5 Å². The molecule has 0 spiro atoms. The zero-order chi connectivity index (χ0) is 18.4. The van der Waals surface area contributed by atoms with Gasteiger partial charge in [-0.25, -0.2) is 4.98 Å². The molecular formula is C15H13F3N2O4S. The molecule has 2 atom stereocenters. The minimum Gasteiger partial charge on any atom is -0.481 e. The first-order valence-electron chi connectivity index (χ1n) is 7.28. The summed E-state index contributed by atoms with van der Waals surface area (Å²) in [5.74, 6) is -4.92. The van der Waals surface area contributed by atoms with E-state index in [2.05, 4.69) is 4.98 Å². The second-order valence-corrected chi connectivity index (χ2v) is 6.61. The number of likely N-dealkylation sites (tertiary alicyclic amines) is 1. The number of rotatable bonds is 3. The lowest BCUT2D eigenvalue weighted by molar-refractivity contribution is -0.187. The number of carboxylic acids is 1. The summed E-state index contributed by atoms with van der Waals surface area (Å²) in [6, 6.07) is 3.41. The molecular weight excluding hydrogens is 361 g/mol. The standard InChI is InChI=1S/C15H13F3N2O4S/c1-7-2-3-11(24-7)12-19-10(6-25-12)13(21)20-4-8(14(22)23)9(5-20)15(16,17)18/h2-3,6,8-9H,4-5H2,1H3,(H,22,23)/t8-,9-/m1/s1. The molecule has 1 aliphatic heterocycles. The molecule has 0 bridgehead atoms. The van der Waals surface area contributed by atoms with Crippen LogP contribution in [0.5, 0.6) is 0 Å². The zero-order valence-corrected chi connectivity index (χ0v) is 13.7. The van der Waals surface area contributed by atoms with E-state index in [1.807, 2.05) is 0 Å². The molecule has 6 nitrogen and oxygen atoms in total. The number of amides is 1. The lowest BCUT2D eigenvalue weighted by atomic mass is 9.96. The monoisotopic (exact) mass is 374 g/mol. The van der Waals surface area contributed by atoms with Gasteiger partial charge in [0.05, 0.1) is 11.8 Å². The Bertz CT molecular complexity index is 814. The smallest absolute Gasteiger partial charge is 0.394 e. The van der Waals surface area contributed by atoms with Crippen LogP contribution in [0.2, 0.25) is 0 Å². The predicted octanol–water partition coefficient (Wildman–Crippen LogP) is 3.05. The molecule has 1 saturated heterocycles. The summed E-state index contributed by atoms with van der Waals surface area (Å²) in [5, 5.41) is 10.9. The van der Waals surface area contributed by atoms with Crippen LogP contribution in [0.1, 0.15) is 16.2 Å². The minimum atomic E-state index is -4.68. The Hall–Kier alpha value is -2.36. The number of furan rings is 1. The van der Waals surface area contributed by atoms with Crippen molar-refractivity contribution in [2.45, 2.75) is 13.1 Å². The molecule has 0 saturated carbocycles. The fourth-order valence-electron chi connectivity index (χ4n) is 2.75. The fourth-order valence-corrected chi connectivity index (χ4v) is 3.50. The molecule has 25 heavy (non-hydrogen) atoms. The third-order valence-corrected chi connectivity index (χ3v) is 4.88. The first-order chi connectivity index (χ1) is 11.7. The molecule has 2 aromatic heterocycles. The largest absolute Gasteiger partial charge is 0.481 e. The van der Waals surface area contributed by atoms with Crippen molar-refractivity contribution < 1.29 is 32.3 Å². The van der Waals surface area contributed by atoms with Crippen LogP contribution in [0.3, 0.4) is 0 Å². The molecule has 1 N–H and O–H groups in total. The maximum absolute atomic E-state index is 13.0. The number of aliphatic carboxylic acids is 1. The van der Waals surface area contributed by atoms with Gasteiger partial charge in [0.1, 0.15) is 11.5 Å². The van der Waals surface area contributed by atoms with Crippen LogP contribution >= 0.6 is 11.3 Å². The van der Waals surface area contributed by atoms with Crippen molar-refractivity contribution >= 4 is 23.2 Å². The van der Waals surface area contributed by atoms with Crippen molar-refractivity contribution in [2.24, 2.45) is 11.8 Å². The highest BCUT2D eigenvalue weighted by molar-refractivity contribution is 7.13. The normalized spacial score (nSPS) is 20.9. The molecule has 1 amide bonds. The quantitative estimate of drug-likeness (QED) is 0.893. The molecule has 1 aliphatic rings. The molecule has 10 heteroatoms. The van der Waals surface area contributed by atoms with Gasteiger partial charge in [-0.3, -0.25) is 9.59 Å². The SMILES string of the molecule is Cc1ccc(-c2nc(C(=O)N3C[C@@H](C(F)(F)F)[C@H](C(=O)O)C3)cs2)o1. The second-order valence-electron chi connectivity index (χ2n) is 5.75. The van der Waals surface area contributed by atoms with Gasteiger partial charge in [0.25, 0.3) is 5.91 Å². The number of aryl methyl sites for hydroxylation is 1. The summed E-state index contributed by atoms with van der Waals surface area (Å²) < 4.78 is 44.4. The van der Waals surface area contributed by atoms with E-state index in [4.69, 9.17) is 9.52 Å². The van der Waals surface area contributed by atoms with Crippen LogP contribution < -0.4 is 0 Å². The van der Waals surface area contributed by atoms with Crippen LogP contribution in [0.4, 0.5) is 13.2 Å². The van der Waals surface area contributed by atoms with Crippen LogP contribution in [0, 0.1) is 18.8 Å². The fraction of sp³-hybridized carbons (Fsp3) is 0.400. The average Bonchev–Trinajstić information content (AvgIpc) is 3.24. The van der Waals surface area contributed by atoms with Crippen molar-refractivity contribution in [1.82, 2.24) is 9.88 Å². The summed E-state index contributed by atoms with van der Waals surface area (Å²) in [6.45, 7) is 0.563. The second kappa shape index (κ2) is 6.17. The average molecular weight is 374 g/mol. The van der Waals surface area contributed by atoms with Gasteiger partial charge in [0.2, 0.25) is 0 Å². The van der Waals surface area contributed by atoms with E-state index in [-0.39, 0.29) is 5.69 Å². The Labute approximate surface area is 143 Å². The Morgan fingerprint density at radius 3 is 2.60 bits per heavy atom. The van der Waals surface area contributed by atoms with Gasteiger partial charge < -0.3 is 14.4 Å². The number of thiazole rings is 1. The molecule has 1 fully saturated rings. The number of hydrogen-bond acceptors (Lipinski definition) is 5. The molecule has 3 rings (SSSR count). The maximum atomic E-state index is 13.0. The third kappa shape index (κ3) is 3.39. The van der Waals surface area contributed by atoms with Gasteiger partial charge in [-0.05, 0) is 19.1 Å². The lowest BCUT2D eigenvalue weighted by Gasteiger charge is -2.17. The van der Waals surface area contributed by atoms with Crippen molar-refractivity contribution in [3.8, 4) is 10.8 Å². The van der Waals surface area contributed by atoms with Gasteiger partial charge in [-0.1, -0.05) is 0 Å². The summed E-state index contributed by atoms with van der Waals surface area (Å²) in [5.41, 5.74) is -0.0268. The highest BCUT2D eigenvalue weighted by atomic mass is 32.1. The molecule has 0 radical (unpaired) electrons. The van der Waals surface area contributed by atoms with Gasteiger partial charge >= 0.3 is 12.1 Å². The molecule has 0 aliphatic carbocycles. The van der Waals surface area contributed by atoms with Crippen molar-refractivity contribution in [1.29, 1.82) is 0 Å². The molecule has 134 valence electrons. The number of halogens is 3. The summed E-state index contributed by atoms with van der Waals surface area (Å²) in [7, 11) is 0. The number of hydrogen-bond donors (Lipinski definition) is 1. The Morgan fingerprint density at radius 2 is 2.08 bits per heavy atom. The minimum absolute atomic E-state index is 0.0268. The maximum Gasteiger partial charge on any atom is 0.394 e. The highest BCUT2D eigenvalue weighted by Gasteiger charge is 2.53. The van der Waals surface area contributed by atoms with Gasteiger partial charge in [-0.2, -0.15) is 13.2 Å². The molecule has 3 heterocycles. The van der Waals surface area contributed by atoms with Crippen LogP contribution in [-0.2, 0) is 4.79 Å². The lowest BCUT2D eigenvalue weighted by Crippen LogP contribution is -2.34. The van der Waals surface area contributed by atoms with Crippen LogP contribution in [0.15, 0.2) is 21.9 Å². The van der Waals surface area contributed by atoms with E-state index >= 15 is 0 Å². The van der Waals surface area contributed by atoms with Crippen molar-refractivity contribution in [2.75, 3.05) is 13.1 Å². The van der Waals surface area contributed by atoms with Crippen molar-refractivity contribution in [3.05, 3.63) is 29.0 Å². The van der Waals surface area contributed by atoms with Crippen LogP contribution in [-0.4, -0.2) is 46.1 Å². The van der Waals surface area contributed by atoms with E-state index in [0.717, 1.165) is 16.2 Å². The van der Waals surface area contributed by atoms with Crippen molar-refractivity contribution in [3.63, 3.8) is 0 Å². The summed E-state index contributed by atoms with van der Waals surface area (Å²) in [6.07, 6.45) is -4.68. The molecule has 0 aromatic carbocycles. The number of carbonyl (C=O) groups excluding carboxylic acids is 1. The zero-order valence-electron chi connectivity index (χ0n) is 12.9. The van der Waals surface area contributed by atoms with E-state index in [1.54, 1.807) is 19.1 Å². The van der Waals surface area contributed by atoms with Gasteiger partial charge in [0.15, 0.2) is 10.8 Å². The number of carboxylic acid groups (broad SMARTS) is 1. The van der Waals surface area contributed by atoms with E-state index < -0.39 is 43.0 Å². The van der Waals surface area contributed by atoms with E-state index in [9.17, 15) is 22.8 Å². The first-order valence-corrected chi connectivity index (χ1v) is 8.16. The number of alkyl halides is 3. The first kappa shape index (κ1) is 17.5. The van der Waals surface area contributed by atoms with E-state index in [0.29, 0.717) is 16.5 Å². The van der Waals surface area contributed by atoms with Gasteiger partial charge in [-0.15, -0.1) is 11.3 Å².